The number of carbonyl (C=O) groups excluding carboxylic acids is 1. The summed E-state index contributed by atoms with van der Waals surface area (Å²) in [5.74, 6) is -0.269. The minimum Gasteiger partial charge on any atom is -0.393 e. The van der Waals surface area contributed by atoms with E-state index in [2.05, 4.69) is 19.9 Å². The molecule has 6 nitrogen and oxygen atoms in total. The van der Waals surface area contributed by atoms with Crippen LogP contribution >= 0.6 is 0 Å². The molecule has 0 unspecified atom stereocenters. The van der Waals surface area contributed by atoms with Crippen molar-refractivity contribution in [1.29, 1.82) is 0 Å². The van der Waals surface area contributed by atoms with Crippen molar-refractivity contribution in [1.82, 2.24) is 4.31 Å². The van der Waals surface area contributed by atoms with E-state index in [0.717, 1.165) is 28.7 Å². The molecule has 7 heteroatoms. The first kappa shape index (κ1) is 34.2. The van der Waals surface area contributed by atoms with Crippen molar-refractivity contribution in [3.8, 4) is 11.1 Å². The second-order valence-electron chi connectivity index (χ2n) is 13.8. The molecule has 3 aromatic carbocycles. The van der Waals surface area contributed by atoms with Crippen LogP contribution in [0.15, 0.2) is 84.4 Å². The highest BCUT2D eigenvalue weighted by Crippen LogP contribution is 2.59. The third kappa shape index (κ3) is 7.08. The second kappa shape index (κ2) is 13.9. The zero-order chi connectivity index (χ0) is 33.1. The van der Waals surface area contributed by atoms with E-state index in [1.807, 2.05) is 79.7 Å². The van der Waals surface area contributed by atoms with Gasteiger partial charge < -0.3 is 10.2 Å². The predicted molar refractivity (Wildman–Crippen MR) is 185 cm³/mol. The van der Waals surface area contributed by atoms with E-state index < -0.39 is 27.1 Å². The Morgan fingerprint density at radius 1 is 0.978 bits per heavy atom. The molecule has 0 saturated heterocycles. The molecule has 2 bridgehead atoms. The average Bonchev–Trinajstić information content (AvgIpc) is 3.28. The van der Waals surface area contributed by atoms with Crippen LogP contribution in [0.5, 0.6) is 0 Å². The van der Waals surface area contributed by atoms with Crippen LogP contribution in [0.4, 0.5) is 0 Å². The summed E-state index contributed by atoms with van der Waals surface area (Å²) < 4.78 is 27.1. The molecule has 0 amide bonds. The van der Waals surface area contributed by atoms with Crippen molar-refractivity contribution in [3.63, 3.8) is 0 Å². The lowest BCUT2D eigenvalue weighted by Gasteiger charge is -2.45. The van der Waals surface area contributed by atoms with E-state index in [1.165, 1.54) is 16.1 Å². The van der Waals surface area contributed by atoms with Gasteiger partial charge in [-0.3, -0.25) is 4.79 Å². The molecule has 1 fully saturated rings. The number of rotatable bonds is 8. The molecule has 3 aliphatic carbocycles. The summed E-state index contributed by atoms with van der Waals surface area (Å²) in [5, 5.41) is 23.5. The number of sulfonamides is 1. The molecule has 246 valence electrons. The van der Waals surface area contributed by atoms with Gasteiger partial charge in [0.15, 0.2) is 5.78 Å². The Balaban J connectivity index is 1.66. The van der Waals surface area contributed by atoms with Gasteiger partial charge >= 0.3 is 0 Å². The van der Waals surface area contributed by atoms with Gasteiger partial charge in [0.05, 0.1) is 18.0 Å². The van der Waals surface area contributed by atoms with Crippen molar-refractivity contribution in [2.24, 2.45) is 5.41 Å². The highest BCUT2D eigenvalue weighted by molar-refractivity contribution is 7.88. The monoisotopic (exact) mass is 643 g/mol. The third-order valence-corrected chi connectivity index (χ3v) is 11.8. The fraction of sp³-hybridized carbons (Fsp3) is 0.462. The summed E-state index contributed by atoms with van der Waals surface area (Å²) in [6, 6.07) is 23.6. The minimum atomic E-state index is -3.53. The number of hydrogen-bond acceptors (Lipinski definition) is 5. The number of allylic oxidation sites excluding steroid dienone is 2. The van der Waals surface area contributed by atoms with Gasteiger partial charge in [0.25, 0.3) is 0 Å². The fourth-order valence-electron chi connectivity index (χ4n) is 7.80. The number of aliphatic hydroxyl groups excluding tert-OH is 1. The molecule has 3 aliphatic rings. The number of fused-ring (bicyclic) bond motifs is 8. The quantitative estimate of drug-likeness (QED) is 0.199. The summed E-state index contributed by atoms with van der Waals surface area (Å²) in [6.07, 6.45) is 7.77. The van der Waals surface area contributed by atoms with Crippen LogP contribution < -0.4 is 0 Å². The Morgan fingerprint density at radius 3 is 2.41 bits per heavy atom. The van der Waals surface area contributed by atoms with Crippen molar-refractivity contribution in [2.45, 2.75) is 89.8 Å². The second-order valence-corrected chi connectivity index (χ2v) is 15.8. The summed E-state index contributed by atoms with van der Waals surface area (Å²) >= 11 is 0. The Kier molecular flexibility index (Phi) is 10.4. The zero-order valence-electron chi connectivity index (χ0n) is 27.7. The molecule has 1 saturated carbocycles. The van der Waals surface area contributed by atoms with E-state index >= 15 is 0 Å². The van der Waals surface area contributed by atoms with Crippen molar-refractivity contribution in [3.05, 3.63) is 107 Å². The molecule has 3 aromatic rings. The standard InChI is InChI=1S/C39H49NO5S/c1-5-24-40(46(4,44)45)27-39(43)23-21-36-33-20-18-29(25-31(41)19-17-28(2)12-11-22-38(36,39)3)26-35(33)37(42)34-16-10-9-15-32(34)30-13-7-6-8-14-30/h6-10,12-16,18,20,26,31,36,41,43H,5,11,17,19,21-25,27H2,1-4H3/t31-,36-,38-,39+/m0/s1. The van der Waals surface area contributed by atoms with Crippen molar-refractivity contribution in [2.75, 3.05) is 19.3 Å². The maximum atomic E-state index is 14.7. The number of carbonyl (C=O) groups is 1. The van der Waals surface area contributed by atoms with Crippen LogP contribution in [0.2, 0.25) is 0 Å². The van der Waals surface area contributed by atoms with E-state index in [0.29, 0.717) is 62.6 Å². The predicted octanol–water partition coefficient (Wildman–Crippen LogP) is 7.29. The van der Waals surface area contributed by atoms with Gasteiger partial charge in [0.2, 0.25) is 10.0 Å². The maximum Gasteiger partial charge on any atom is 0.211 e. The van der Waals surface area contributed by atoms with Gasteiger partial charge in [-0.05, 0) is 92.5 Å². The Hall–Kier alpha value is -3.10. The summed E-state index contributed by atoms with van der Waals surface area (Å²) in [6.45, 7) is 6.49. The third-order valence-electron chi connectivity index (χ3n) is 10.6. The van der Waals surface area contributed by atoms with E-state index in [1.54, 1.807) is 0 Å². The minimum absolute atomic E-state index is 0.0275. The van der Waals surface area contributed by atoms with Gasteiger partial charge in [0.1, 0.15) is 0 Å². The number of aliphatic hydroxyl groups is 2. The van der Waals surface area contributed by atoms with Crippen LogP contribution in [-0.4, -0.2) is 59.8 Å². The highest BCUT2D eigenvalue weighted by Gasteiger charge is 2.57. The molecule has 0 radical (unpaired) electrons. The molecule has 0 aromatic heterocycles. The first-order valence-corrected chi connectivity index (χ1v) is 18.5. The van der Waals surface area contributed by atoms with Crippen molar-refractivity contribution < 1.29 is 23.4 Å². The first-order chi connectivity index (χ1) is 21.9. The Bertz CT molecular complexity index is 1680. The van der Waals surface area contributed by atoms with Gasteiger partial charge in [0, 0.05) is 29.6 Å². The summed E-state index contributed by atoms with van der Waals surface area (Å²) in [5.41, 5.74) is 3.99. The molecule has 0 aliphatic heterocycles. The molecule has 0 heterocycles. The molecular formula is C39H49NO5S. The lowest BCUT2D eigenvalue weighted by Crippen LogP contribution is -2.53. The smallest absolute Gasteiger partial charge is 0.211 e. The summed E-state index contributed by atoms with van der Waals surface area (Å²) in [7, 11) is -3.53. The molecule has 2 N–H and O–H groups in total. The van der Waals surface area contributed by atoms with Crippen LogP contribution in [-0.2, 0) is 16.4 Å². The van der Waals surface area contributed by atoms with E-state index in [9.17, 15) is 23.4 Å². The Morgan fingerprint density at radius 2 is 1.70 bits per heavy atom. The topological polar surface area (TPSA) is 94.9 Å². The van der Waals surface area contributed by atoms with Crippen LogP contribution in [0.1, 0.15) is 98.7 Å². The zero-order valence-corrected chi connectivity index (χ0v) is 28.5. The van der Waals surface area contributed by atoms with E-state index in [4.69, 9.17) is 0 Å². The summed E-state index contributed by atoms with van der Waals surface area (Å²) in [4.78, 5) is 14.7. The van der Waals surface area contributed by atoms with Gasteiger partial charge in [-0.2, -0.15) is 4.31 Å². The van der Waals surface area contributed by atoms with Gasteiger partial charge in [-0.25, -0.2) is 8.42 Å². The first-order valence-electron chi connectivity index (χ1n) is 16.7. The average molecular weight is 644 g/mol. The number of ketones is 1. The maximum absolute atomic E-state index is 14.7. The van der Waals surface area contributed by atoms with Crippen LogP contribution in [0.3, 0.4) is 0 Å². The largest absolute Gasteiger partial charge is 0.393 e. The molecule has 0 spiro atoms. The normalized spacial score (nSPS) is 25.6. The lowest BCUT2D eigenvalue weighted by molar-refractivity contribution is -0.0723. The van der Waals surface area contributed by atoms with Crippen LogP contribution in [0.25, 0.3) is 11.1 Å². The molecule has 6 rings (SSSR count). The van der Waals surface area contributed by atoms with Gasteiger partial charge in [-0.1, -0.05) is 92.2 Å². The fourth-order valence-corrected chi connectivity index (χ4v) is 8.76. The number of nitrogens with zero attached hydrogens (tertiary/aromatic N) is 1. The SMILES string of the molecule is CCCN(C[C@]1(O)CC[C@H]2c3ccc(cc3C(=O)c3ccccc3-c3ccccc3)C[C@@H](O)CCC(C)=CCC[C@@]21C)S(C)(=O)=O. The number of hydrogen-bond donors (Lipinski definition) is 2. The van der Waals surface area contributed by atoms with Crippen LogP contribution in [0, 0.1) is 5.41 Å². The lowest BCUT2D eigenvalue weighted by atomic mass is 9.64. The number of benzene rings is 3. The Labute approximate surface area is 275 Å². The highest BCUT2D eigenvalue weighted by atomic mass is 32.2. The van der Waals surface area contributed by atoms with Crippen molar-refractivity contribution >= 4 is 15.8 Å². The molecular weight excluding hydrogens is 594 g/mol. The van der Waals surface area contributed by atoms with E-state index in [-0.39, 0.29) is 18.2 Å². The molecule has 4 atom stereocenters. The molecule has 46 heavy (non-hydrogen) atoms. The van der Waals surface area contributed by atoms with Gasteiger partial charge in [-0.15, -0.1) is 0 Å².